The molecule has 3 aromatic heterocycles. The van der Waals surface area contributed by atoms with Gasteiger partial charge in [0.25, 0.3) is 0 Å². The third-order valence-electron chi connectivity index (χ3n) is 5.84. The van der Waals surface area contributed by atoms with Gasteiger partial charge in [-0.1, -0.05) is 0 Å². The lowest BCUT2D eigenvalue weighted by atomic mass is 10.2. The van der Waals surface area contributed by atoms with Gasteiger partial charge in [0.1, 0.15) is 16.5 Å². The second-order valence-corrected chi connectivity index (χ2v) is 10.4. The summed E-state index contributed by atoms with van der Waals surface area (Å²) in [4.78, 5) is 44.6. The molecule has 0 radical (unpaired) electrons. The first kappa shape index (κ1) is 24.4. The summed E-state index contributed by atoms with van der Waals surface area (Å²) < 4.78 is 4.99. The number of esters is 1. The maximum atomic E-state index is 12.7. The van der Waals surface area contributed by atoms with Crippen molar-refractivity contribution in [1.82, 2.24) is 19.9 Å². The van der Waals surface area contributed by atoms with Crippen molar-refractivity contribution < 1.29 is 14.3 Å². The predicted octanol–water partition coefficient (Wildman–Crippen LogP) is 3.78. The van der Waals surface area contributed by atoms with Crippen LogP contribution in [0.15, 0.2) is 23.8 Å². The molecule has 0 atom stereocenters. The number of anilines is 1. The van der Waals surface area contributed by atoms with Gasteiger partial charge in [-0.05, 0) is 32.4 Å². The van der Waals surface area contributed by atoms with E-state index in [0.29, 0.717) is 25.3 Å². The van der Waals surface area contributed by atoms with E-state index in [1.807, 2.05) is 12.3 Å². The minimum atomic E-state index is -0.151. The van der Waals surface area contributed by atoms with Gasteiger partial charge in [0, 0.05) is 43.0 Å². The number of thiazole rings is 1. The van der Waals surface area contributed by atoms with Gasteiger partial charge in [-0.2, -0.15) is 0 Å². The molecule has 0 N–H and O–H groups in total. The fourth-order valence-electron chi connectivity index (χ4n) is 3.74. The van der Waals surface area contributed by atoms with E-state index in [-0.39, 0.29) is 18.2 Å². The van der Waals surface area contributed by atoms with E-state index in [2.05, 4.69) is 44.7 Å². The Morgan fingerprint density at radius 1 is 1.12 bits per heavy atom. The van der Waals surface area contributed by atoms with Crippen LogP contribution in [-0.4, -0.2) is 70.9 Å². The molecule has 4 rings (SSSR count). The van der Waals surface area contributed by atoms with E-state index in [1.54, 1.807) is 23.7 Å². The molecule has 34 heavy (non-hydrogen) atoms. The number of piperazine rings is 1. The summed E-state index contributed by atoms with van der Waals surface area (Å²) in [5.74, 6) is 0.533. The van der Waals surface area contributed by atoms with Crippen molar-refractivity contribution in [2.45, 2.75) is 33.6 Å². The Kier molecular flexibility index (Phi) is 8.02. The van der Waals surface area contributed by atoms with Crippen molar-refractivity contribution in [2.75, 3.05) is 44.2 Å². The van der Waals surface area contributed by atoms with Crippen molar-refractivity contribution in [2.24, 2.45) is 0 Å². The average Bonchev–Trinajstić information content (AvgIpc) is 3.44. The lowest BCUT2D eigenvalue weighted by molar-refractivity contribution is -0.143. The van der Waals surface area contributed by atoms with Gasteiger partial charge >= 0.3 is 5.97 Å². The summed E-state index contributed by atoms with van der Waals surface area (Å²) in [6.07, 6.45) is 3.87. The van der Waals surface area contributed by atoms with Crippen LogP contribution in [-0.2, 0) is 16.0 Å². The third kappa shape index (κ3) is 6.05. The second-order valence-electron chi connectivity index (χ2n) is 8.22. The summed E-state index contributed by atoms with van der Waals surface area (Å²) in [6, 6.07) is 2.14. The molecule has 10 heteroatoms. The van der Waals surface area contributed by atoms with Gasteiger partial charge < -0.3 is 9.64 Å². The number of carbonyl (C=O) groups excluding carboxylic acids is 2. The number of rotatable bonds is 9. The van der Waals surface area contributed by atoms with E-state index < -0.39 is 0 Å². The molecule has 1 saturated heterocycles. The Hall–Kier alpha value is -2.69. The highest BCUT2D eigenvalue weighted by Gasteiger charge is 2.20. The molecule has 1 fully saturated rings. The van der Waals surface area contributed by atoms with Crippen LogP contribution in [0.25, 0.3) is 10.6 Å². The summed E-state index contributed by atoms with van der Waals surface area (Å²) in [5.41, 5.74) is 2.55. The number of ketones is 1. The number of aromatic nitrogens is 3. The fraction of sp³-hybridized carbons (Fsp3) is 0.458. The fourth-order valence-corrected chi connectivity index (χ4v) is 5.61. The van der Waals surface area contributed by atoms with Gasteiger partial charge in [0.05, 0.1) is 42.4 Å². The molecule has 180 valence electrons. The van der Waals surface area contributed by atoms with Crippen LogP contribution in [0.4, 0.5) is 5.82 Å². The van der Waals surface area contributed by atoms with Crippen LogP contribution in [0.3, 0.4) is 0 Å². The van der Waals surface area contributed by atoms with E-state index in [9.17, 15) is 9.59 Å². The lowest BCUT2D eigenvalue weighted by Crippen LogP contribution is -2.47. The molecule has 0 bridgehead atoms. The van der Waals surface area contributed by atoms with Crippen molar-refractivity contribution in [3.8, 4) is 10.6 Å². The van der Waals surface area contributed by atoms with E-state index in [0.717, 1.165) is 47.6 Å². The van der Waals surface area contributed by atoms with Crippen LogP contribution in [0.2, 0.25) is 0 Å². The number of carbonyl (C=O) groups is 2. The minimum absolute atomic E-state index is 0.0812. The highest BCUT2D eigenvalue weighted by molar-refractivity contribution is 7.16. The smallest absolute Gasteiger partial charge is 0.307 e. The maximum Gasteiger partial charge on any atom is 0.307 e. The number of nitrogens with zero attached hydrogens (tertiary/aromatic N) is 5. The van der Waals surface area contributed by atoms with Crippen LogP contribution >= 0.6 is 22.7 Å². The van der Waals surface area contributed by atoms with E-state index in [4.69, 9.17) is 4.74 Å². The number of hydrogen-bond donors (Lipinski definition) is 0. The van der Waals surface area contributed by atoms with Gasteiger partial charge in [0.2, 0.25) is 0 Å². The quantitative estimate of drug-likeness (QED) is 0.325. The Morgan fingerprint density at radius 3 is 2.56 bits per heavy atom. The molecule has 8 nitrogen and oxygen atoms in total. The molecule has 0 amide bonds. The number of aryl methyl sites for hydroxylation is 2. The van der Waals surface area contributed by atoms with Crippen LogP contribution in [0.1, 0.15) is 39.3 Å². The highest BCUT2D eigenvalue weighted by Crippen LogP contribution is 2.31. The SMILES string of the molecule is CCOC(=O)CCN1CCN(c2cnc(C(=O)Cc3nc(-c4cc(C)c(C)s4)cs3)cn2)CC1. The molecular weight excluding hydrogens is 470 g/mol. The molecule has 0 aromatic carbocycles. The Morgan fingerprint density at radius 2 is 1.91 bits per heavy atom. The van der Waals surface area contributed by atoms with Crippen molar-refractivity contribution >= 4 is 40.2 Å². The molecule has 1 aliphatic heterocycles. The van der Waals surface area contributed by atoms with Crippen LogP contribution in [0, 0.1) is 13.8 Å². The molecule has 4 heterocycles. The first-order valence-corrected chi connectivity index (χ1v) is 13.1. The molecule has 1 aliphatic rings. The number of ether oxygens (including phenoxy) is 1. The van der Waals surface area contributed by atoms with Crippen LogP contribution in [0.5, 0.6) is 0 Å². The number of Topliss-reactive ketones (excluding diaryl/α,β-unsaturated/α-hetero) is 1. The second kappa shape index (κ2) is 11.2. The standard InChI is InChI=1S/C24H29N5O3S2/c1-4-32-24(31)5-6-28-7-9-29(10-8-28)22-14-25-18(13-26-22)20(30)12-23-27-19(15-33-23)21-11-16(2)17(3)34-21/h11,13-15H,4-10,12H2,1-3H3. The molecular formula is C24H29N5O3S2. The van der Waals surface area contributed by atoms with Crippen molar-refractivity contribution in [3.05, 3.63) is 45.0 Å². The number of hydrogen-bond acceptors (Lipinski definition) is 10. The van der Waals surface area contributed by atoms with Gasteiger partial charge in [-0.3, -0.25) is 14.5 Å². The van der Waals surface area contributed by atoms with E-state index >= 15 is 0 Å². The number of thiophene rings is 1. The summed E-state index contributed by atoms with van der Waals surface area (Å²) >= 11 is 3.23. The molecule has 3 aromatic rings. The molecule has 0 spiro atoms. The Labute approximate surface area is 207 Å². The Balaban J connectivity index is 1.28. The van der Waals surface area contributed by atoms with Crippen molar-refractivity contribution in [3.63, 3.8) is 0 Å². The largest absolute Gasteiger partial charge is 0.466 e. The van der Waals surface area contributed by atoms with Crippen LogP contribution < -0.4 is 4.90 Å². The summed E-state index contributed by atoms with van der Waals surface area (Å²) in [7, 11) is 0. The van der Waals surface area contributed by atoms with E-state index in [1.165, 1.54) is 21.8 Å². The first-order chi connectivity index (χ1) is 16.4. The topological polar surface area (TPSA) is 88.5 Å². The normalized spacial score (nSPS) is 14.4. The maximum absolute atomic E-state index is 12.7. The molecule has 0 aliphatic carbocycles. The zero-order valence-electron chi connectivity index (χ0n) is 19.7. The Bertz CT molecular complexity index is 1110. The zero-order valence-corrected chi connectivity index (χ0v) is 21.4. The average molecular weight is 500 g/mol. The predicted molar refractivity (Wildman–Crippen MR) is 135 cm³/mol. The molecule has 0 saturated carbocycles. The lowest BCUT2D eigenvalue weighted by Gasteiger charge is -2.35. The third-order valence-corrected chi connectivity index (χ3v) is 7.86. The minimum Gasteiger partial charge on any atom is -0.466 e. The summed E-state index contributed by atoms with van der Waals surface area (Å²) in [6.45, 7) is 10.4. The van der Waals surface area contributed by atoms with Gasteiger partial charge in [0.15, 0.2) is 5.78 Å². The van der Waals surface area contributed by atoms with Gasteiger partial charge in [-0.15, -0.1) is 22.7 Å². The first-order valence-electron chi connectivity index (χ1n) is 11.4. The molecule has 0 unspecified atom stereocenters. The monoisotopic (exact) mass is 499 g/mol. The zero-order chi connectivity index (χ0) is 24.1. The van der Waals surface area contributed by atoms with Crippen molar-refractivity contribution in [1.29, 1.82) is 0 Å². The van der Waals surface area contributed by atoms with Gasteiger partial charge in [-0.25, -0.2) is 15.0 Å². The highest BCUT2D eigenvalue weighted by atomic mass is 32.1. The summed E-state index contributed by atoms with van der Waals surface area (Å²) in [5, 5.41) is 2.79.